The van der Waals surface area contributed by atoms with Gasteiger partial charge in [-0.3, -0.25) is 14.3 Å². The Hall–Kier alpha value is -3.52. The number of hydrogen-bond donors (Lipinski definition) is 3. The lowest BCUT2D eigenvalue weighted by Crippen LogP contribution is -2.39. The summed E-state index contributed by atoms with van der Waals surface area (Å²) in [5, 5.41) is 14.2. The van der Waals surface area contributed by atoms with Crippen molar-refractivity contribution >= 4 is 0 Å². The number of nitrogens with one attached hydrogen (secondary N) is 2. The number of benzene rings is 2. The number of ether oxygens (including phenoxy) is 2. The topological polar surface area (TPSA) is 106 Å². The molecule has 30 heavy (non-hydrogen) atoms. The highest BCUT2D eigenvalue weighted by atomic mass is 16.5. The number of methoxy groups -OCH3 is 2. The van der Waals surface area contributed by atoms with E-state index in [1.54, 1.807) is 20.3 Å². The van der Waals surface area contributed by atoms with E-state index in [0.717, 1.165) is 23.1 Å². The molecule has 0 unspecified atom stereocenters. The van der Waals surface area contributed by atoms with Crippen LogP contribution in [0.5, 0.6) is 17.4 Å². The van der Waals surface area contributed by atoms with Gasteiger partial charge in [0.1, 0.15) is 0 Å². The lowest BCUT2D eigenvalue weighted by molar-refractivity contribution is 0.352. The Morgan fingerprint density at radius 2 is 1.80 bits per heavy atom. The second kappa shape index (κ2) is 8.08. The van der Waals surface area contributed by atoms with E-state index >= 15 is 0 Å². The third kappa shape index (κ3) is 3.46. The van der Waals surface area contributed by atoms with E-state index in [1.807, 2.05) is 36.4 Å². The maximum absolute atomic E-state index is 12.7. The van der Waals surface area contributed by atoms with Crippen molar-refractivity contribution in [2.24, 2.45) is 0 Å². The Balaban J connectivity index is 1.85. The van der Waals surface area contributed by atoms with Gasteiger partial charge in [-0.05, 0) is 35.2 Å². The first kappa shape index (κ1) is 19.8. The Morgan fingerprint density at radius 3 is 2.50 bits per heavy atom. The van der Waals surface area contributed by atoms with Crippen LogP contribution in [-0.4, -0.2) is 35.4 Å². The number of hydrogen-bond acceptors (Lipinski definition) is 6. The number of fused-ring (bicyclic) bond motifs is 1. The van der Waals surface area contributed by atoms with Crippen molar-refractivity contribution in [2.45, 2.75) is 19.0 Å². The van der Waals surface area contributed by atoms with Crippen LogP contribution in [0.4, 0.5) is 0 Å². The number of nitrogens with zero attached hydrogens (tertiary/aromatic N) is 1. The van der Waals surface area contributed by atoms with Gasteiger partial charge in [0.05, 0.1) is 32.4 Å². The molecule has 0 saturated carbocycles. The monoisotopic (exact) mass is 409 g/mol. The van der Waals surface area contributed by atoms with Gasteiger partial charge in [0.15, 0.2) is 11.5 Å². The first-order valence-corrected chi connectivity index (χ1v) is 9.61. The molecule has 1 aliphatic heterocycles. The average Bonchev–Trinajstić information content (AvgIpc) is 2.76. The van der Waals surface area contributed by atoms with Gasteiger partial charge in [0.2, 0.25) is 5.88 Å². The molecule has 3 N–H and O–H groups in total. The van der Waals surface area contributed by atoms with E-state index in [2.05, 4.69) is 10.3 Å². The molecular formula is C22H23N3O5. The third-order valence-corrected chi connectivity index (χ3v) is 5.38. The second-order valence-electron chi connectivity index (χ2n) is 7.11. The average molecular weight is 409 g/mol. The molecule has 8 heteroatoms. The first-order chi connectivity index (χ1) is 14.5. The fourth-order valence-electron chi connectivity index (χ4n) is 3.89. The van der Waals surface area contributed by atoms with Gasteiger partial charge in [-0.25, -0.2) is 4.79 Å². The first-order valence-electron chi connectivity index (χ1n) is 9.61. The molecule has 0 fully saturated rings. The summed E-state index contributed by atoms with van der Waals surface area (Å²) in [7, 11) is 3.11. The molecule has 0 bridgehead atoms. The van der Waals surface area contributed by atoms with Gasteiger partial charge in [-0.15, -0.1) is 0 Å². The number of H-pyrrole nitrogens is 1. The summed E-state index contributed by atoms with van der Waals surface area (Å²) < 4.78 is 12.0. The SMILES string of the molecule is COc1cc2c(cc1OC)[C@H](c1c(O)n(Cc3ccccc3)c(=O)[nH]c1=O)NCC2. The summed E-state index contributed by atoms with van der Waals surface area (Å²) >= 11 is 0. The number of aromatic nitrogens is 2. The zero-order valence-electron chi connectivity index (χ0n) is 16.8. The fraction of sp³-hybridized carbons (Fsp3) is 0.273. The van der Waals surface area contributed by atoms with Crippen molar-refractivity contribution in [3.8, 4) is 17.4 Å². The Labute approximate surface area is 172 Å². The molecule has 8 nitrogen and oxygen atoms in total. The van der Waals surface area contributed by atoms with Gasteiger partial charge in [0.25, 0.3) is 5.56 Å². The molecule has 0 aliphatic carbocycles. The minimum atomic E-state index is -0.659. The lowest BCUT2D eigenvalue weighted by Gasteiger charge is -2.28. The lowest BCUT2D eigenvalue weighted by atomic mass is 9.90. The molecule has 1 aliphatic rings. The number of aromatic hydroxyl groups is 1. The number of rotatable bonds is 5. The maximum Gasteiger partial charge on any atom is 0.331 e. The summed E-state index contributed by atoms with van der Waals surface area (Å²) in [5.41, 5.74) is 1.42. The molecular weight excluding hydrogens is 386 g/mol. The minimum absolute atomic E-state index is 0.0960. The standard InChI is InChI=1S/C22H23N3O5/c1-29-16-10-14-8-9-23-19(15(14)11-17(16)30-2)18-20(26)24-22(28)25(21(18)27)12-13-6-4-3-5-7-13/h3-7,10-11,19,23,27H,8-9,12H2,1-2H3,(H,24,26,28)/t19-/m1/s1. The molecule has 0 spiro atoms. The summed E-state index contributed by atoms with van der Waals surface area (Å²) in [6.45, 7) is 0.741. The van der Waals surface area contributed by atoms with E-state index in [0.29, 0.717) is 18.0 Å². The van der Waals surface area contributed by atoms with Crippen molar-refractivity contribution in [1.82, 2.24) is 14.9 Å². The Morgan fingerprint density at radius 1 is 1.10 bits per heavy atom. The largest absolute Gasteiger partial charge is 0.494 e. The van der Waals surface area contributed by atoms with Gasteiger partial charge in [-0.1, -0.05) is 30.3 Å². The molecule has 156 valence electrons. The van der Waals surface area contributed by atoms with E-state index in [1.165, 1.54) is 4.57 Å². The van der Waals surface area contributed by atoms with Gasteiger partial charge >= 0.3 is 5.69 Å². The van der Waals surface area contributed by atoms with Crippen molar-refractivity contribution in [2.75, 3.05) is 20.8 Å². The highest BCUT2D eigenvalue weighted by Crippen LogP contribution is 2.38. The second-order valence-corrected chi connectivity index (χ2v) is 7.11. The van der Waals surface area contributed by atoms with E-state index in [9.17, 15) is 14.7 Å². The van der Waals surface area contributed by atoms with Crippen LogP contribution < -0.4 is 26.0 Å². The van der Waals surface area contributed by atoms with Crippen LogP contribution in [0.1, 0.15) is 28.3 Å². The maximum atomic E-state index is 12.7. The van der Waals surface area contributed by atoms with Crippen LogP contribution in [-0.2, 0) is 13.0 Å². The Bertz CT molecular complexity index is 1180. The van der Waals surface area contributed by atoms with Crippen molar-refractivity contribution < 1.29 is 14.6 Å². The molecule has 2 heterocycles. The number of aromatic amines is 1. The predicted molar refractivity (Wildman–Crippen MR) is 112 cm³/mol. The summed E-state index contributed by atoms with van der Waals surface area (Å²) in [6, 6.07) is 12.4. The smallest absolute Gasteiger partial charge is 0.331 e. The van der Waals surface area contributed by atoms with E-state index in [-0.39, 0.29) is 18.0 Å². The molecule has 0 radical (unpaired) electrons. The highest BCUT2D eigenvalue weighted by molar-refractivity contribution is 5.52. The van der Waals surface area contributed by atoms with Crippen molar-refractivity contribution in [1.29, 1.82) is 0 Å². The molecule has 4 rings (SSSR count). The van der Waals surface area contributed by atoms with Crippen LogP contribution in [0.3, 0.4) is 0 Å². The highest BCUT2D eigenvalue weighted by Gasteiger charge is 2.30. The minimum Gasteiger partial charge on any atom is -0.494 e. The van der Waals surface area contributed by atoms with Gasteiger partial charge in [-0.2, -0.15) is 0 Å². The zero-order chi connectivity index (χ0) is 21.3. The summed E-state index contributed by atoms with van der Waals surface area (Å²) in [5.74, 6) is 0.773. The van der Waals surface area contributed by atoms with Crippen LogP contribution in [0.15, 0.2) is 52.1 Å². The van der Waals surface area contributed by atoms with Crippen LogP contribution in [0.2, 0.25) is 0 Å². The van der Waals surface area contributed by atoms with E-state index in [4.69, 9.17) is 9.47 Å². The van der Waals surface area contributed by atoms with Crippen LogP contribution in [0.25, 0.3) is 0 Å². The van der Waals surface area contributed by atoms with Crippen LogP contribution in [0, 0.1) is 0 Å². The molecule has 0 amide bonds. The molecule has 1 aromatic heterocycles. The van der Waals surface area contributed by atoms with Crippen molar-refractivity contribution in [3.05, 3.63) is 85.6 Å². The summed E-state index contributed by atoms with van der Waals surface area (Å²) in [4.78, 5) is 27.5. The summed E-state index contributed by atoms with van der Waals surface area (Å²) in [6.07, 6.45) is 0.731. The quantitative estimate of drug-likeness (QED) is 0.590. The molecule has 0 saturated heterocycles. The van der Waals surface area contributed by atoms with Crippen LogP contribution >= 0.6 is 0 Å². The normalized spacial score (nSPS) is 15.5. The van der Waals surface area contributed by atoms with E-state index < -0.39 is 17.3 Å². The third-order valence-electron chi connectivity index (χ3n) is 5.38. The van der Waals surface area contributed by atoms with Gasteiger partial charge in [0, 0.05) is 6.54 Å². The fourth-order valence-corrected chi connectivity index (χ4v) is 3.89. The Kier molecular flexibility index (Phi) is 5.33. The molecule has 1 atom stereocenters. The van der Waals surface area contributed by atoms with Crippen molar-refractivity contribution in [3.63, 3.8) is 0 Å². The molecule has 2 aromatic carbocycles. The molecule has 3 aromatic rings. The van der Waals surface area contributed by atoms with Gasteiger partial charge < -0.3 is 19.9 Å². The zero-order valence-corrected chi connectivity index (χ0v) is 16.8. The predicted octanol–water partition coefficient (Wildman–Crippen LogP) is 1.54.